The Balaban J connectivity index is 1.86. The van der Waals surface area contributed by atoms with Crippen LogP contribution in [0.1, 0.15) is 19.8 Å². The molecule has 0 radical (unpaired) electrons. The van der Waals surface area contributed by atoms with E-state index in [1.807, 2.05) is 18.2 Å². The molecule has 1 unspecified atom stereocenters. The molecule has 1 aliphatic rings. The van der Waals surface area contributed by atoms with E-state index in [4.69, 9.17) is 12.2 Å². The molecule has 20 heavy (non-hydrogen) atoms. The van der Waals surface area contributed by atoms with Crippen LogP contribution in [-0.2, 0) is 6.54 Å². The van der Waals surface area contributed by atoms with Gasteiger partial charge in [0, 0.05) is 24.2 Å². The molecule has 1 aromatic carbocycles. The zero-order valence-electron chi connectivity index (χ0n) is 11.9. The molecule has 1 atom stereocenters. The predicted octanol–water partition coefficient (Wildman–Crippen LogP) is 3.09. The number of aromatic amines is 1. The van der Waals surface area contributed by atoms with Gasteiger partial charge in [-0.1, -0.05) is 30.3 Å². The van der Waals surface area contributed by atoms with Crippen molar-refractivity contribution < 1.29 is 0 Å². The van der Waals surface area contributed by atoms with Gasteiger partial charge in [-0.3, -0.25) is 14.6 Å². The lowest BCUT2D eigenvalue weighted by atomic mass is 10.2. The van der Waals surface area contributed by atoms with Gasteiger partial charge >= 0.3 is 0 Å². The minimum atomic E-state index is 0.453. The van der Waals surface area contributed by atoms with Crippen LogP contribution in [-0.4, -0.2) is 38.8 Å². The van der Waals surface area contributed by atoms with Crippen LogP contribution in [0.15, 0.2) is 30.3 Å². The average Bonchev–Trinajstić information content (AvgIpc) is 3.25. The normalized spacial score (nSPS) is 16.6. The molecule has 0 spiro atoms. The SMILES string of the molecule is CC(Cn1c(-c2ccccc2)n[nH]c1=S)N(C)C1CC1. The molecule has 1 aliphatic carbocycles. The molecule has 0 amide bonds. The average molecular weight is 288 g/mol. The van der Waals surface area contributed by atoms with Crippen molar-refractivity contribution in [2.24, 2.45) is 0 Å². The molecule has 0 aliphatic heterocycles. The summed E-state index contributed by atoms with van der Waals surface area (Å²) in [5, 5.41) is 7.31. The van der Waals surface area contributed by atoms with E-state index in [9.17, 15) is 0 Å². The molecule has 1 N–H and O–H groups in total. The van der Waals surface area contributed by atoms with Crippen LogP contribution in [0.5, 0.6) is 0 Å². The number of H-pyrrole nitrogens is 1. The lowest BCUT2D eigenvalue weighted by Crippen LogP contribution is -2.34. The third-order valence-electron chi connectivity index (χ3n) is 4.06. The monoisotopic (exact) mass is 288 g/mol. The molecular formula is C15H20N4S. The number of nitrogens with zero attached hydrogens (tertiary/aromatic N) is 3. The van der Waals surface area contributed by atoms with E-state index in [1.165, 1.54) is 12.8 Å². The smallest absolute Gasteiger partial charge is 0.195 e. The molecule has 5 heteroatoms. The van der Waals surface area contributed by atoms with Crippen LogP contribution in [0, 0.1) is 4.77 Å². The van der Waals surface area contributed by atoms with E-state index < -0.39 is 0 Å². The molecular weight excluding hydrogens is 268 g/mol. The van der Waals surface area contributed by atoms with Gasteiger partial charge in [-0.05, 0) is 39.0 Å². The number of hydrogen-bond acceptors (Lipinski definition) is 3. The van der Waals surface area contributed by atoms with Crippen molar-refractivity contribution >= 4 is 12.2 Å². The predicted molar refractivity (Wildman–Crippen MR) is 83.1 cm³/mol. The largest absolute Gasteiger partial charge is 0.299 e. The Labute approximate surface area is 124 Å². The third kappa shape index (κ3) is 2.69. The molecule has 0 bridgehead atoms. The van der Waals surface area contributed by atoms with E-state index >= 15 is 0 Å². The number of aromatic nitrogens is 3. The summed E-state index contributed by atoms with van der Waals surface area (Å²) in [6.45, 7) is 3.12. The van der Waals surface area contributed by atoms with Crippen LogP contribution in [0.25, 0.3) is 11.4 Å². The van der Waals surface area contributed by atoms with Gasteiger partial charge in [-0.15, -0.1) is 0 Å². The zero-order chi connectivity index (χ0) is 14.1. The molecule has 1 saturated carbocycles. The maximum atomic E-state index is 5.39. The van der Waals surface area contributed by atoms with Gasteiger partial charge in [0.25, 0.3) is 0 Å². The standard InChI is InChI=1S/C15H20N4S/c1-11(18(2)13-8-9-13)10-19-14(16-17-15(19)20)12-6-4-3-5-7-12/h3-7,11,13H,8-10H2,1-2H3,(H,17,20). The van der Waals surface area contributed by atoms with E-state index in [0.29, 0.717) is 10.8 Å². The summed E-state index contributed by atoms with van der Waals surface area (Å²) in [5.41, 5.74) is 1.10. The molecule has 4 nitrogen and oxygen atoms in total. The number of nitrogens with one attached hydrogen (secondary N) is 1. The second-order valence-electron chi connectivity index (χ2n) is 5.57. The fourth-order valence-corrected chi connectivity index (χ4v) is 2.74. The van der Waals surface area contributed by atoms with E-state index in [1.54, 1.807) is 0 Å². The number of rotatable bonds is 5. The Morgan fingerprint density at radius 2 is 2.10 bits per heavy atom. The highest BCUT2D eigenvalue weighted by atomic mass is 32.1. The summed E-state index contributed by atoms with van der Waals surface area (Å²) in [5.74, 6) is 0.923. The summed E-state index contributed by atoms with van der Waals surface area (Å²) >= 11 is 5.39. The number of benzene rings is 1. The molecule has 106 valence electrons. The summed E-state index contributed by atoms with van der Waals surface area (Å²) in [7, 11) is 2.20. The van der Waals surface area contributed by atoms with Gasteiger partial charge in [-0.2, -0.15) is 5.10 Å². The van der Waals surface area contributed by atoms with Crippen molar-refractivity contribution in [2.75, 3.05) is 7.05 Å². The van der Waals surface area contributed by atoms with Gasteiger partial charge in [0.05, 0.1) is 0 Å². The Bertz CT molecular complexity index is 627. The lowest BCUT2D eigenvalue weighted by molar-refractivity contribution is 0.225. The molecule has 1 aromatic heterocycles. The summed E-state index contributed by atoms with van der Waals surface area (Å²) in [6.07, 6.45) is 2.65. The molecule has 0 saturated heterocycles. The summed E-state index contributed by atoms with van der Waals surface area (Å²) in [4.78, 5) is 2.45. The van der Waals surface area contributed by atoms with Crippen LogP contribution in [0.3, 0.4) is 0 Å². The quantitative estimate of drug-likeness (QED) is 0.859. The Kier molecular flexibility index (Phi) is 3.72. The first-order chi connectivity index (χ1) is 9.66. The van der Waals surface area contributed by atoms with Gasteiger partial charge in [0.2, 0.25) is 0 Å². The third-order valence-corrected chi connectivity index (χ3v) is 4.37. The van der Waals surface area contributed by atoms with Gasteiger partial charge in [0.1, 0.15) is 0 Å². The fraction of sp³-hybridized carbons (Fsp3) is 0.467. The second-order valence-corrected chi connectivity index (χ2v) is 5.96. The fourth-order valence-electron chi connectivity index (χ4n) is 2.53. The first-order valence-electron chi connectivity index (χ1n) is 7.09. The van der Waals surface area contributed by atoms with Gasteiger partial charge < -0.3 is 0 Å². The van der Waals surface area contributed by atoms with Crippen molar-refractivity contribution in [3.05, 3.63) is 35.1 Å². The highest BCUT2D eigenvalue weighted by Crippen LogP contribution is 2.27. The van der Waals surface area contributed by atoms with E-state index in [0.717, 1.165) is 24.0 Å². The van der Waals surface area contributed by atoms with E-state index in [2.05, 4.69) is 45.8 Å². The summed E-state index contributed by atoms with van der Waals surface area (Å²) in [6, 6.07) is 11.4. The molecule has 1 heterocycles. The number of likely N-dealkylation sites (N-methyl/N-ethyl adjacent to an activating group) is 1. The van der Waals surface area contributed by atoms with Crippen LogP contribution in [0.2, 0.25) is 0 Å². The van der Waals surface area contributed by atoms with Crippen LogP contribution >= 0.6 is 12.2 Å². The maximum Gasteiger partial charge on any atom is 0.195 e. The zero-order valence-corrected chi connectivity index (χ0v) is 12.7. The first-order valence-corrected chi connectivity index (χ1v) is 7.50. The van der Waals surface area contributed by atoms with Crippen molar-refractivity contribution in [3.63, 3.8) is 0 Å². The lowest BCUT2D eigenvalue weighted by Gasteiger charge is -2.25. The topological polar surface area (TPSA) is 36.9 Å². The van der Waals surface area contributed by atoms with Crippen LogP contribution in [0.4, 0.5) is 0 Å². The van der Waals surface area contributed by atoms with Crippen molar-refractivity contribution in [2.45, 2.75) is 38.4 Å². The number of hydrogen-bond donors (Lipinski definition) is 1. The Morgan fingerprint density at radius 3 is 2.75 bits per heavy atom. The Morgan fingerprint density at radius 1 is 1.40 bits per heavy atom. The first kappa shape index (κ1) is 13.5. The van der Waals surface area contributed by atoms with Gasteiger partial charge in [-0.25, -0.2) is 0 Å². The summed E-state index contributed by atoms with van der Waals surface area (Å²) < 4.78 is 2.80. The highest BCUT2D eigenvalue weighted by molar-refractivity contribution is 7.71. The van der Waals surface area contributed by atoms with Crippen molar-refractivity contribution in [1.29, 1.82) is 0 Å². The molecule has 2 aromatic rings. The van der Waals surface area contributed by atoms with Gasteiger partial charge in [0.15, 0.2) is 10.6 Å². The van der Waals surface area contributed by atoms with E-state index in [-0.39, 0.29) is 0 Å². The second kappa shape index (κ2) is 5.50. The van der Waals surface area contributed by atoms with Crippen LogP contribution < -0.4 is 0 Å². The molecule has 3 rings (SSSR count). The Hall–Kier alpha value is -1.46. The van der Waals surface area contributed by atoms with Crippen molar-refractivity contribution in [1.82, 2.24) is 19.7 Å². The molecule has 1 fully saturated rings. The highest BCUT2D eigenvalue weighted by Gasteiger charge is 2.29. The maximum absolute atomic E-state index is 5.39. The minimum absolute atomic E-state index is 0.453. The minimum Gasteiger partial charge on any atom is -0.299 e. The van der Waals surface area contributed by atoms with Crippen molar-refractivity contribution in [3.8, 4) is 11.4 Å².